The molecule has 1 N–H and O–H groups in total. The Kier molecular flexibility index (Phi) is 5.17. The van der Waals surface area contributed by atoms with Gasteiger partial charge >= 0.3 is 0 Å². The van der Waals surface area contributed by atoms with E-state index >= 15 is 0 Å². The number of hydrogen-bond donors (Lipinski definition) is 1. The van der Waals surface area contributed by atoms with Crippen molar-refractivity contribution in [1.82, 2.24) is 18.7 Å². The molecule has 51 heavy (non-hydrogen) atoms. The lowest BCUT2D eigenvalue weighted by molar-refractivity contribution is 0.672. The van der Waals surface area contributed by atoms with Crippen LogP contribution in [0.1, 0.15) is 0 Å². The van der Waals surface area contributed by atoms with E-state index in [1.54, 1.807) is 0 Å². The highest BCUT2D eigenvalue weighted by Crippen LogP contribution is 2.42. The Morgan fingerprint density at radius 2 is 0.902 bits per heavy atom. The molecular formula is C46H28N4O. The topological polar surface area (TPSA) is 43.7 Å². The minimum absolute atomic E-state index is 0.868. The predicted molar refractivity (Wildman–Crippen MR) is 211 cm³/mol. The van der Waals surface area contributed by atoms with Crippen molar-refractivity contribution in [3.05, 3.63) is 164 Å². The molecule has 0 amide bonds. The quantitative estimate of drug-likeness (QED) is 0.203. The maximum Gasteiger partial charge on any atom is 0.161 e. The second-order valence-electron chi connectivity index (χ2n) is 13.4. The molecular weight excluding hydrogens is 625 g/mol. The Labute approximate surface area is 290 Å². The van der Waals surface area contributed by atoms with Gasteiger partial charge in [-0.1, -0.05) is 91.0 Å². The summed E-state index contributed by atoms with van der Waals surface area (Å²) >= 11 is 0. The van der Waals surface area contributed by atoms with Crippen molar-refractivity contribution >= 4 is 87.6 Å². The molecule has 0 aliphatic carbocycles. The maximum absolute atomic E-state index is 6.84. The molecule has 0 fully saturated rings. The highest BCUT2D eigenvalue weighted by molar-refractivity contribution is 6.19. The van der Waals surface area contributed by atoms with Gasteiger partial charge in [-0.05, 0) is 66.7 Å². The van der Waals surface area contributed by atoms with Crippen LogP contribution < -0.4 is 0 Å². The number of hydrogen-bond acceptors (Lipinski definition) is 1. The van der Waals surface area contributed by atoms with Crippen LogP contribution in [0.15, 0.2) is 168 Å². The molecule has 12 aromatic rings. The molecule has 0 bridgehead atoms. The number of fused-ring (bicyclic) bond motifs is 13. The second-order valence-corrected chi connectivity index (χ2v) is 13.4. The van der Waals surface area contributed by atoms with Crippen molar-refractivity contribution in [2.75, 3.05) is 0 Å². The van der Waals surface area contributed by atoms with Crippen molar-refractivity contribution in [2.24, 2.45) is 0 Å². The molecule has 0 saturated carbocycles. The van der Waals surface area contributed by atoms with E-state index in [1.165, 1.54) is 43.6 Å². The van der Waals surface area contributed by atoms with Gasteiger partial charge in [0.15, 0.2) is 5.58 Å². The number of rotatable bonds is 3. The molecule has 5 heterocycles. The molecule has 12 rings (SSSR count). The van der Waals surface area contributed by atoms with E-state index in [0.29, 0.717) is 0 Å². The van der Waals surface area contributed by atoms with E-state index in [4.69, 9.17) is 4.42 Å². The number of benzene rings is 7. The van der Waals surface area contributed by atoms with E-state index in [-0.39, 0.29) is 0 Å². The summed E-state index contributed by atoms with van der Waals surface area (Å²) < 4.78 is 14.0. The van der Waals surface area contributed by atoms with E-state index in [9.17, 15) is 0 Å². The smallest absolute Gasteiger partial charge is 0.161 e. The van der Waals surface area contributed by atoms with Crippen LogP contribution in [-0.2, 0) is 0 Å². The average Bonchev–Trinajstić information content (AvgIpc) is 3.97. The monoisotopic (exact) mass is 652 g/mol. The zero-order chi connectivity index (χ0) is 33.2. The lowest BCUT2D eigenvalue weighted by Crippen LogP contribution is -1.98. The summed E-state index contributed by atoms with van der Waals surface area (Å²) in [6.45, 7) is 0. The van der Waals surface area contributed by atoms with Crippen molar-refractivity contribution in [2.45, 2.75) is 0 Å². The fourth-order valence-corrected chi connectivity index (χ4v) is 8.66. The number of aromatic nitrogens is 4. The van der Waals surface area contributed by atoms with E-state index in [1.807, 2.05) is 0 Å². The van der Waals surface area contributed by atoms with Gasteiger partial charge < -0.3 is 23.1 Å². The van der Waals surface area contributed by atoms with Crippen LogP contribution in [0.5, 0.6) is 0 Å². The molecule has 0 unspecified atom stereocenters. The van der Waals surface area contributed by atoms with Crippen molar-refractivity contribution in [3.63, 3.8) is 0 Å². The first kappa shape index (κ1) is 26.9. The van der Waals surface area contributed by atoms with Gasteiger partial charge in [-0.15, -0.1) is 0 Å². The van der Waals surface area contributed by atoms with Crippen LogP contribution in [-0.4, -0.2) is 18.7 Å². The van der Waals surface area contributed by atoms with Gasteiger partial charge in [0.25, 0.3) is 0 Å². The lowest BCUT2D eigenvalue weighted by atomic mass is 10.2. The van der Waals surface area contributed by atoms with Gasteiger partial charge in [0.05, 0.1) is 33.1 Å². The molecule has 238 valence electrons. The summed E-state index contributed by atoms with van der Waals surface area (Å²) in [5.41, 5.74) is 14.3. The van der Waals surface area contributed by atoms with Crippen molar-refractivity contribution in [3.8, 4) is 17.1 Å². The third-order valence-electron chi connectivity index (χ3n) is 10.8. The molecule has 5 heteroatoms. The molecule has 0 aliphatic heterocycles. The van der Waals surface area contributed by atoms with Crippen LogP contribution in [0.2, 0.25) is 0 Å². The lowest BCUT2D eigenvalue weighted by Gasteiger charge is -2.13. The van der Waals surface area contributed by atoms with Crippen LogP contribution >= 0.6 is 0 Å². The van der Waals surface area contributed by atoms with Crippen LogP contribution in [0.4, 0.5) is 0 Å². The number of para-hydroxylation sites is 5. The number of H-pyrrole nitrogens is 1. The van der Waals surface area contributed by atoms with Gasteiger partial charge in [0.2, 0.25) is 0 Å². The first-order chi connectivity index (χ1) is 25.3. The number of aromatic amines is 1. The Hall–Kier alpha value is -6.98. The van der Waals surface area contributed by atoms with Crippen molar-refractivity contribution in [1.29, 1.82) is 0 Å². The van der Waals surface area contributed by atoms with Crippen LogP contribution in [0.25, 0.3) is 105 Å². The minimum Gasteiger partial charge on any atom is -0.454 e. The van der Waals surface area contributed by atoms with Gasteiger partial charge in [0, 0.05) is 61.0 Å². The SMILES string of the molecule is c1cc(-n2c3ccccc3c3[nH]c4ccccc4c32)cc(-n2c3ccccc3c3oc4cc(-n5c6ccccc6c6ccccc65)ccc4c32)c1. The Bertz CT molecular complexity index is 3320. The fourth-order valence-electron chi connectivity index (χ4n) is 8.66. The highest BCUT2D eigenvalue weighted by atomic mass is 16.3. The number of nitrogens with zero attached hydrogens (tertiary/aromatic N) is 3. The largest absolute Gasteiger partial charge is 0.454 e. The minimum atomic E-state index is 0.868. The molecule has 0 aliphatic rings. The maximum atomic E-state index is 6.84. The molecule has 0 saturated heterocycles. The van der Waals surface area contributed by atoms with Crippen LogP contribution in [0.3, 0.4) is 0 Å². The summed E-state index contributed by atoms with van der Waals surface area (Å²) in [7, 11) is 0. The third kappa shape index (κ3) is 3.54. The Morgan fingerprint density at radius 1 is 0.373 bits per heavy atom. The van der Waals surface area contributed by atoms with Gasteiger partial charge in [-0.3, -0.25) is 0 Å². The summed E-state index contributed by atoms with van der Waals surface area (Å²) in [4.78, 5) is 3.71. The molecule has 0 spiro atoms. The van der Waals surface area contributed by atoms with Crippen LogP contribution in [0, 0.1) is 0 Å². The number of furan rings is 1. The van der Waals surface area contributed by atoms with Gasteiger partial charge in [-0.2, -0.15) is 0 Å². The molecule has 0 radical (unpaired) electrons. The van der Waals surface area contributed by atoms with E-state index in [2.05, 4.69) is 182 Å². The zero-order valence-electron chi connectivity index (χ0n) is 27.3. The fraction of sp³-hybridized carbons (Fsp3) is 0. The van der Waals surface area contributed by atoms with Crippen molar-refractivity contribution < 1.29 is 4.42 Å². The summed E-state index contributed by atoms with van der Waals surface area (Å²) in [6.07, 6.45) is 0. The van der Waals surface area contributed by atoms with E-state index < -0.39 is 0 Å². The average molecular weight is 653 g/mol. The van der Waals surface area contributed by atoms with Gasteiger partial charge in [-0.25, -0.2) is 0 Å². The second kappa shape index (κ2) is 9.80. The first-order valence-electron chi connectivity index (χ1n) is 17.4. The van der Waals surface area contributed by atoms with E-state index in [0.717, 1.165) is 61.1 Å². The normalized spacial score (nSPS) is 12.3. The zero-order valence-corrected chi connectivity index (χ0v) is 27.3. The summed E-state index contributed by atoms with van der Waals surface area (Å²) in [5, 5.41) is 7.09. The van der Waals surface area contributed by atoms with Gasteiger partial charge in [0.1, 0.15) is 11.1 Å². The predicted octanol–water partition coefficient (Wildman–Crippen LogP) is 12.2. The summed E-state index contributed by atoms with van der Waals surface area (Å²) in [5.74, 6) is 0. The molecule has 5 nitrogen and oxygen atoms in total. The molecule has 0 atom stereocenters. The standard InChI is InChI=1S/C46H28N4O/c1-6-19-37-33(16-1)44-43(47-37)34-17-4-9-22-40(34)49(44)28-12-11-13-29(26-28)50-41-23-10-5-18-35(41)46-45(50)36-25-24-30(27-42(36)51-46)48-38-20-7-2-14-31(38)32-15-3-8-21-39(32)48/h1-27,47H. The third-order valence-corrected chi connectivity index (χ3v) is 10.8. The molecule has 7 aromatic carbocycles. The summed E-state index contributed by atoms with van der Waals surface area (Å²) in [6, 6.07) is 58.6. The Balaban J connectivity index is 1.11. The Morgan fingerprint density at radius 3 is 1.61 bits per heavy atom. The first-order valence-corrected chi connectivity index (χ1v) is 17.4. The highest BCUT2D eigenvalue weighted by Gasteiger charge is 2.22. The number of nitrogens with one attached hydrogen (secondary N) is 1. The molecule has 5 aromatic heterocycles.